The van der Waals surface area contributed by atoms with Crippen LogP contribution in [0.25, 0.3) is 26.9 Å². The van der Waals surface area contributed by atoms with Crippen LogP contribution in [-0.2, 0) is 37.5 Å². The lowest BCUT2D eigenvalue weighted by Gasteiger charge is -2.41. The topological polar surface area (TPSA) is 232 Å². The quantitative estimate of drug-likeness (QED) is 0.0873. The zero-order valence-corrected chi connectivity index (χ0v) is 46.9. The molecule has 0 aliphatic carbocycles. The first-order chi connectivity index (χ1) is 33.4. The Morgan fingerprint density at radius 3 is 1.49 bits per heavy atom. The number of anilines is 2. The number of fused-ring (bicyclic) bond motifs is 12. The highest BCUT2D eigenvalue weighted by atomic mass is 32.1. The minimum Gasteiger partial charge on any atom is -0.416 e. The fraction of sp³-hybridized carbons (Fsp3) is 0.640. The normalized spacial score (nSPS) is 32.9. The summed E-state index contributed by atoms with van der Waals surface area (Å²) in [6, 6.07) is 8.37. The van der Waals surface area contributed by atoms with Gasteiger partial charge in [-0.05, 0) is 68.3 Å². The lowest BCUT2D eigenvalue weighted by Crippen LogP contribution is -2.52. The summed E-state index contributed by atoms with van der Waals surface area (Å²) < 4.78 is 43.0. The Morgan fingerprint density at radius 1 is 0.708 bits per heavy atom. The molecule has 22 heteroatoms. The average Bonchev–Trinajstić information content (AvgIpc) is 4.18. The third kappa shape index (κ3) is 7.29. The van der Waals surface area contributed by atoms with Gasteiger partial charge >= 0.3 is 0 Å². The highest BCUT2D eigenvalue weighted by Gasteiger charge is 2.80. The van der Waals surface area contributed by atoms with Crippen LogP contribution in [0, 0.1) is 53.4 Å². The molecule has 6 aliphatic rings. The number of imide groups is 2. The summed E-state index contributed by atoms with van der Waals surface area (Å²) in [5, 5.41) is 31.6. The van der Waals surface area contributed by atoms with Gasteiger partial charge in [0.25, 0.3) is 0 Å². The van der Waals surface area contributed by atoms with Crippen molar-refractivity contribution in [1.82, 2.24) is 17.5 Å². The number of amides is 4. The van der Waals surface area contributed by atoms with Gasteiger partial charge in [0.15, 0.2) is 16.6 Å². The van der Waals surface area contributed by atoms with Gasteiger partial charge in [-0.15, -0.1) is 0 Å². The van der Waals surface area contributed by atoms with Gasteiger partial charge in [-0.2, -0.15) is 22.8 Å². The SMILES string of the molecule is CC(CO[Si](C)(C)C(C)(C)C)C12C[C@H](O)C(C)(O1)[C@@H]1C(=O)N(c3ccc(C#N)c4nsnc34)C(=O)[C@@H]12.[C-]#[N+]c1ccc(N2C(=O)[C@@H]3[C@H](C2=O)C2(C)OC3(C(C)CO[Si](C)(C)C(C)(C)C)C[C@H]2O)c2nsnc12. The highest BCUT2D eigenvalue weighted by Crippen LogP contribution is 2.65. The second-order valence-electron chi connectivity index (χ2n) is 24.2. The van der Waals surface area contributed by atoms with Crippen molar-refractivity contribution in [2.24, 2.45) is 35.5 Å². The zero-order chi connectivity index (χ0) is 52.8. The maximum absolute atomic E-state index is 14.0. The van der Waals surface area contributed by atoms with Crippen molar-refractivity contribution in [2.45, 2.75) is 153 Å². The second-order valence-corrected chi connectivity index (χ2v) is 34.9. The van der Waals surface area contributed by atoms with Crippen LogP contribution in [-0.4, -0.2) is 116 Å². The van der Waals surface area contributed by atoms with E-state index < -0.39 is 86.7 Å². The van der Waals surface area contributed by atoms with Gasteiger partial charge in [0.2, 0.25) is 29.3 Å². The molecule has 6 aliphatic heterocycles. The Labute approximate surface area is 430 Å². The standard InChI is InChI=1S/2C25H32N4O5SSi/c1-13(12-33-36(7,8)23(2,3)4)25-11-16(30)24(5,34-25)17-18(25)22(32)29(21(17)31)15-10-9-14(26-6)19-20(15)28-35-27-19;1-13(12-33-36(6,7)23(2,3)4)25-10-16(30)24(5,34-25)17-18(25)22(32)29(21(17)31)15-9-8-14(11-26)19-20(15)28-35-27-19/h9-10,13,16-18,30H,11-12H2,1-5,7-8H3;8-9,13,16-18,30H,10,12H2,1-7H3/t2*13?,16-,17-,18+,24?,25?/m10/s1. The van der Waals surface area contributed by atoms with Crippen LogP contribution in [0.5, 0.6) is 0 Å². The largest absolute Gasteiger partial charge is 0.416 e. The van der Waals surface area contributed by atoms with Crippen molar-refractivity contribution in [3.05, 3.63) is 41.2 Å². The number of ether oxygens (including phenoxy) is 2. The minimum atomic E-state index is -2.07. The summed E-state index contributed by atoms with van der Waals surface area (Å²) in [4.78, 5) is 61.6. The lowest BCUT2D eigenvalue weighted by atomic mass is 9.63. The number of carbonyl (C=O) groups excluding carboxylic acids is 4. The van der Waals surface area contributed by atoms with Crippen LogP contribution in [0.1, 0.15) is 87.6 Å². The molecule has 12 atom stereocenters. The van der Waals surface area contributed by atoms with Gasteiger partial charge in [-0.25, -0.2) is 14.6 Å². The van der Waals surface area contributed by atoms with E-state index in [2.05, 4.69) is 96.1 Å². The Morgan fingerprint density at radius 2 is 1.08 bits per heavy atom. The molecule has 6 saturated heterocycles. The van der Waals surface area contributed by atoms with Crippen LogP contribution in [0.2, 0.25) is 36.3 Å². The van der Waals surface area contributed by atoms with E-state index in [1.807, 2.05) is 13.8 Å². The van der Waals surface area contributed by atoms with Crippen LogP contribution in [0.15, 0.2) is 24.3 Å². The number of hydrogen-bond donors (Lipinski definition) is 2. The molecular formula is C50H64N8O10S2Si2. The van der Waals surface area contributed by atoms with E-state index in [-0.39, 0.29) is 46.6 Å². The summed E-state index contributed by atoms with van der Waals surface area (Å²) in [5.41, 5.74) is -1.63. The van der Waals surface area contributed by atoms with Crippen molar-refractivity contribution in [3.63, 3.8) is 0 Å². The van der Waals surface area contributed by atoms with Gasteiger partial charge in [-0.1, -0.05) is 61.5 Å². The second kappa shape index (κ2) is 17.0. The van der Waals surface area contributed by atoms with E-state index in [0.717, 1.165) is 23.5 Å². The molecule has 6 fully saturated rings. The van der Waals surface area contributed by atoms with Gasteiger partial charge in [-0.3, -0.25) is 19.2 Å². The molecule has 2 N–H and O–H groups in total. The van der Waals surface area contributed by atoms with E-state index in [0.29, 0.717) is 57.9 Å². The molecule has 0 spiro atoms. The molecule has 384 valence electrons. The number of nitriles is 1. The molecule has 2 aromatic heterocycles. The third-order valence-electron chi connectivity index (χ3n) is 18.2. The molecule has 4 aromatic rings. The number of hydrogen-bond acceptors (Lipinski definition) is 17. The first-order valence-electron chi connectivity index (χ1n) is 24.5. The molecule has 6 unspecified atom stereocenters. The van der Waals surface area contributed by atoms with Crippen LogP contribution in [0.3, 0.4) is 0 Å². The molecule has 72 heavy (non-hydrogen) atoms. The minimum absolute atomic E-state index is 0.0195. The number of aliphatic hydroxyl groups excluding tert-OH is 2. The van der Waals surface area contributed by atoms with Crippen molar-refractivity contribution < 1.29 is 47.7 Å². The van der Waals surface area contributed by atoms with Crippen LogP contribution >= 0.6 is 23.5 Å². The molecule has 4 amide bonds. The van der Waals surface area contributed by atoms with E-state index in [1.165, 1.54) is 9.80 Å². The van der Waals surface area contributed by atoms with E-state index >= 15 is 0 Å². The summed E-state index contributed by atoms with van der Waals surface area (Å²) >= 11 is 1.87. The van der Waals surface area contributed by atoms with Crippen molar-refractivity contribution >= 4 is 103 Å². The third-order valence-corrected chi connectivity index (χ3v) is 28.3. The van der Waals surface area contributed by atoms with Gasteiger partial charge in [0.05, 0.1) is 94.0 Å². The fourth-order valence-corrected chi connectivity index (χ4v) is 15.1. The number of aromatic nitrogens is 4. The number of aliphatic hydroxyl groups is 2. The van der Waals surface area contributed by atoms with Crippen LogP contribution < -0.4 is 9.80 Å². The number of carbonyl (C=O) groups is 4. The highest BCUT2D eigenvalue weighted by molar-refractivity contribution is 7.00. The maximum atomic E-state index is 14.0. The fourth-order valence-electron chi connectivity index (χ4n) is 11.8. The van der Waals surface area contributed by atoms with Crippen molar-refractivity contribution in [2.75, 3.05) is 23.0 Å². The van der Waals surface area contributed by atoms with Gasteiger partial charge < -0.3 is 28.5 Å². The van der Waals surface area contributed by atoms with E-state index in [9.17, 15) is 34.7 Å². The summed E-state index contributed by atoms with van der Waals surface area (Å²) in [5.74, 6) is -5.10. The average molecular weight is 1060 g/mol. The molecule has 0 saturated carbocycles. The number of benzene rings is 2. The molecule has 10 rings (SSSR count). The zero-order valence-electron chi connectivity index (χ0n) is 43.3. The Hall–Kier alpha value is -4.47. The Balaban J connectivity index is 0.000000178. The lowest BCUT2D eigenvalue weighted by molar-refractivity contribution is -0.139. The first kappa shape index (κ1) is 52.4. The molecular weight excluding hydrogens is 993 g/mol. The van der Waals surface area contributed by atoms with Gasteiger partial charge in [0.1, 0.15) is 39.3 Å². The van der Waals surface area contributed by atoms with Crippen LogP contribution in [0.4, 0.5) is 17.1 Å². The molecule has 2 aromatic carbocycles. The number of nitrogens with zero attached hydrogens (tertiary/aromatic N) is 8. The number of rotatable bonds is 10. The molecule has 18 nitrogen and oxygen atoms in total. The predicted molar refractivity (Wildman–Crippen MR) is 275 cm³/mol. The van der Waals surface area contributed by atoms with E-state index in [1.54, 1.807) is 38.1 Å². The van der Waals surface area contributed by atoms with Crippen molar-refractivity contribution in [1.29, 1.82) is 5.26 Å². The monoisotopic (exact) mass is 1060 g/mol. The summed E-state index contributed by atoms with van der Waals surface area (Å²) in [6.07, 6.45) is -1.23. The summed E-state index contributed by atoms with van der Waals surface area (Å²) in [6.45, 7) is 37.3. The summed E-state index contributed by atoms with van der Waals surface area (Å²) in [7, 11) is -4.14. The Bertz CT molecular complexity index is 2830. The smallest absolute Gasteiger partial charge is 0.240 e. The van der Waals surface area contributed by atoms with Crippen molar-refractivity contribution in [3.8, 4) is 6.07 Å². The van der Waals surface area contributed by atoms with Gasteiger partial charge in [0, 0.05) is 37.9 Å². The Kier molecular flexibility index (Phi) is 12.4. The molecule has 0 radical (unpaired) electrons. The first-order valence-corrected chi connectivity index (χ1v) is 31.7. The van der Waals surface area contributed by atoms with E-state index in [4.69, 9.17) is 24.9 Å². The molecule has 8 heterocycles. The molecule has 4 bridgehead atoms. The predicted octanol–water partition coefficient (Wildman–Crippen LogP) is 7.92. The maximum Gasteiger partial charge on any atom is 0.240 e.